The highest BCUT2D eigenvalue weighted by Crippen LogP contribution is 2.18. The number of rotatable bonds is 18. The normalized spacial score (nSPS) is 15.0. The second-order valence-electron chi connectivity index (χ2n) is 8.33. The van der Waals surface area contributed by atoms with Crippen molar-refractivity contribution in [1.82, 2.24) is 0 Å². The highest BCUT2D eigenvalue weighted by molar-refractivity contribution is 7.11. The van der Waals surface area contributed by atoms with Crippen molar-refractivity contribution in [2.45, 2.75) is 122 Å². The topological polar surface area (TPSA) is 49.8 Å². The molecule has 1 atom stereocenters. The van der Waals surface area contributed by atoms with E-state index in [4.69, 9.17) is 9.84 Å². The Hall–Kier alpha value is -0.870. The van der Waals surface area contributed by atoms with Gasteiger partial charge in [-0.3, -0.25) is 0 Å². The molecule has 3 nitrogen and oxygen atoms in total. The van der Waals surface area contributed by atoms with Crippen LogP contribution in [-0.2, 0) is 4.74 Å². The third-order valence-corrected chi connectivity index (χ3v) is 6.37. The van der Waals surface area contributed by atoms with E-state index in [0.29, 0.717) is 11.0 Å². The number of ether oxygens (including phenoxy) is 1. The summed E-state index contributed by atoms with van der Waals surface area (Å²) in [4.78, 5) is 10.5. The van der Waals surface area contributed by atoms with Crippen LogP contribution in [0.2, 0.25) is 0 Å². The van der Waals surface area contributed by atoms with Crippen molar-refractivity contribution in [1.29, 1.82) is 0 Å². The first kappa shape index (κ1) is 26.2. The lowest BCUT2D eigenvalue weighted by atomic mass is 10.0. The number of thiophene rings is 1. The number of carboxylic acid groups (broad SMARTS) is 1. The molecular formula is C25H44O3S. The summed E-state index contributed by atoms with van der Waals surface area (Å²) in [5.74, 6) is -0.847. The molecule has 2 rings (SSSR count). The van der Waals surface area contributed by atoms with Crippen LogP contribution in [0, 0.1) is 0 Å². The predicted octanol–water partition coefficient (Wildman–Crippen LogP) is 8.48. The number of unbranched alkanes of at least 4 members (excludes halogenated alkanes) is 15. The van der Waals surface area contributed by atoms with Gasteiger partial charge in [0.2, 0.25) is 0 Å². The van der Waals surface area contributed by atoms with Crippen LogP contribution in [0.25, 0.3) is 0 Å². The first-order chi connectivity index (χ1) is 14.2. The van der Waals surface area contributed by atoms with Gasteiger partial charge in [-0.2, -0.15) is 0 Å². The molecule has 1 fully saturated rings. The van der Waals surface area contributed by atoms with Crippen molar-refractivity contribution >= 4 is 17.3 Å². The van der Waals surface area contributed by atoms with E-state index in [1.807, 2.05) is 0 Å². The van der Waals surface area contributed by atoms with Crippen LogP contribution in [0.5, 0.6) is 0 Å². The summed E-state index contributed by atoms with van der Waals surface area (Å²) in [5, 5.41) is 10.0. The number of aromatic carboxylic acids is 1. The summed E-state index contributed by atoms with van der Waals surface area (Å²) in [6.45, 7) is 3.34. The van der Waals surface area contributed by atoms with Crippen molar-refractivity contribution in [2.75, 3.05) is 6.61 Å². The summed E-state index contributed by atoms with van der Waals surface area (Å²) in [6.07, 6.45) is 25.3. The van der Waals surface area contributed by atoms with E-state index in [1.165, 1.54) is 120 Å². The van der Waals surface area contributed by atoms with Crippen molar-refractivity contribution < 1.29 is 14.6 Å². The van der Waals surface area contributed by atoms with E-state index in [1.54, 1.807) is 17.5 Å². The predicted molar refractivity (Wildman–Crippen MR) is 125 cm³/mol. The van der Waals surface area contributed by atoms with Crippen LogP contribution in [-0.4, -0.2) is 23.8 Å². The molecule has 0 saturated carbocycles. The Bertz CT molecular complexity index is 468. The van der Waals surface area contributed by atoms with Crippen molar-refractivity contribution in [3.8, 4) is 0 Å². The van der Waals surface area contributed by atoms with E-state index in [0.717, 1.165) is 6.61 Å². The third-order valence-electron chi connectivity index (χ3n) is 5.51. The second kappa shape index (κ2) is 19.1. The molecule has 4 heteroatoms. The Morgan fingerprint density at radius 3 is 1.66 bits per heavy atom. The first-order valence-corrected chi connectivity index (χ1v) is 13.0. The molecule has 2 heterocycles. The monoisotopic (exact) mass is 424 g/mol. The van der Waals surface area contributed by atoms with Crippen molar-refractivity contribution in [3.05, 3.63) is 22.4 Å². The van der Waals surface area contributed by atoms with Crippen LogP contribution in [0.1, 0.15) is 126 Å². The molecule has 1 aromatic rings. The van der Waals surface area contributed by atoms with Gasteiger partial charge in [-0.25, -0.2) is 4.79 Å². The molecular weight excluding hydrogens is 380 g/mol. The zero-order valence-electron chi connectivity index (χ0n) is 18.7. The SMILES string of the molecule is CCCCCCCCCCCCCCCCCCC1CO1.O=C(O)c1cccs1. The quantitative estimate of drug-likeness (QED) is 0.190. The van der Waals surface area contributed by atoms with Crippen LogP contribution >= 0.6 is 11.3 Å². The fraction of sp³-hybridized carbons (Fsp3) is 0.800. The lowest BCUT2D eigenvalue weighted by Crippen LogP contribution is -1.89. The van der Waals surface area contributed by atoms with Crippen LogP contribution < -0.4 is 0 Å². The molecule has 0 amide bonds. The van der Waals surface area contributed by atoms with Gasteiger partial charge < -0.3 is 9.84 Å². The minimum atomic E-state index is -0.847. The van der Waals surface area contributed by atoms with Crippen molar-refractivity contribution in [3.63, 3.8) is 0 Å². The number of carboxylic acids is 1. The van der Waals surface area contributed by atoms with E-state index >= 15 is 0 Å². The fourth-order valence-electron chi connectivity index (χ4n) is 3.56. The number of carbonyl (C=O) groups is 1. The van der Waals surface area contributed by atoms with Gasteiger partial charge in [0.25, 0.3) is 0 Å². The summed E-state index contributed by atoms with van der Waals surface area (Å²) < 4.78 is 5.23. The van der Waals surface area contributed by atoms with Gasteiger partial charge in [-0.05, 0) is 17.9 Å². The molecule has 0 radical (unpaired) electrons. The molecule has 1 aliphatic rings. The minimum Gasteiger partial charge on any atom is -0.477 e. The standard InChI is InChI=1S/C20H40O.C5H4O2S/c1-2-3-4-5-6-7-8-9-10-11-12-13-14-15-16-17-18-20-19-21-20;6-5(7)4-2-1-3-8-4/h20H,2-19H2,1H3;1-3H,(H,6,7). The zero-order valence-corrected chi connectivity index (χ0v) is 19.5. The molecule has 0 bridgehead atoms. The molecule has 0 aromatic carbocycles. The summed E-state index contributed by atoms with van der Waals surface area (Å²) >= 11 is 1.23. The lowest BCUT2D eigenvalue weighted by molar-refractivity contribution is 0.0702. The second-order valence-corrected chi connectivity index (χ2v) is 9.28. The van der Waals surface area contributed by atoms with Gasteiger partial charge in [-0.1, -0.05) is 116 Å². The van der Waals surface area contributed by atoms with Gasteiger partial charge in [-0.15, -0.1) is 11.3 Å². The number of hydrogen-bond donors (Lipinski definition) is 1. The summed E-state index contributed by atoms with van der Waals surface area (Å²) in [5.41, 5.74) is 0. The van der Waals surface area contributed by atoms with Crippen LogP contribution in [0.4, 0.5) is 0 Å². The molecule has 168 valence electrons. The Balaban J connectivity index is 0.000000436. The van der Waals surface area contributed by atoms with Gasteiger partial charge in [0.1, 0.15) is 4.88 Å². The summed E-state index contributed by atoms with van der Waals surface area (Å²) in [6, 6.07) is 3.29. The van der Waals surface area contributed by atoms with E-state index in [2.05, 4.69) is 6.92 Å². The number of epoxide rings is 1. The molecule has 1 aliphatic heterocycles. The maximum Gasteiger partial charge on any atom is 0.345 e. The fourth-order valence-corrected chi connectivity index (χ4v) is 4.12. The van der Waals surface area contributed by atoms with E-state index in [-0.39, 0.29) is 0 Å². The molecule has 0 spiro atoms. The minimum absolute atomic E-state index is 0.394. The average Bonchev–Trinajstić information content (AvgIpc) is 3.37. The van der Waals surface area contributed by atoms with Crippen LogP contribution in [0.3, 0.4) is 0 Å². The van der Waals surface area contributed by atoms with E-state index in [9.17, 15) is 4.79 Å². The molecule has 0 aliphatic carbocycles. The van der Waals surface area contributed by atoms with Gasteiger partial charge in [0.15, 0.2) is 0 Å². The Morgan fingerprint density at radius 2 is 1.34 bits per heavy atom. The largest absolute Gasteiger partial charge is 0.477 e. The van der Waals surface area contributed by atoms with E-state index < -0.39 is 5.97 Å². The number of hydrogen-bond acceptors (Lipinski definition) is 3. The average molecular weight is 425 g/mol. The zero-order chi connectivity index (χ0) is 21.0. The Morgan fingerprint density at radius 1 is 0.897 bits per heavy atom. The first-order valence-electron chi connectivity index (χ1n) is 12.1. The van der Waals surface area contributed by atoms with Crippen LogP contribution in [0.15, 0.2) is 17.5 Å². The van der Waals surface area contributed by atoms with Gasteiger partial charge in [0.05, 0.1) is 12.7 Å². The smallest absolute Gasteiger partial charge is 0.345 e. The maximum absolute atomic E-state index is 10.1. The molecule has 1 saturated heterocycles. The lowest BCUT2D eigenvalue weighted by Gasteiger charge is -2.03. The van der Waals surface area contributed by atoms with Crippen molar-refractivity contribution in [2.24, 2.45) is 0 Å². The molecule has 29 heavy (non-hydrogen) atoms. The Kier molecular flexibility index (Phi) is 17.2. The van der Waals surface area contributed by atoms with Gasteiger partial charge >= 0.3 is 5.97 Å². The summed E-state index contributed by atoms with van der Waals surface area (Å²) in [7, 11) is 0. The highest BCUT2D eigenvalue weighted by Gasteiger charge is 2.20. The molecule has 1 N–H and O–H groups in total. The maximum atomic E-state index is 10.1. The molecule has 1 aromatic heterocycles. The Labute approximate surface area is 183 Å². The highest BCUT2D eigenvalue weighted by atomic mass is 32.1. The third kappa shape index (κ3) is 17.7. The van der Waals surface area contributed by atoms with Gasteiger partial charge in [0, 0.05) is 0 Å². The molecule has 1 unspecified atom stereocenters.